The van der Waals surface area contributed by atoms with Crippen LogP contribution in [0.3, 0.4) is 0 Å². The lowest BCUT2D eigenvalue weighted by Gasteiger charge is -2.19. The maximum Gasteiger partial charge on any atom is 0.231 e. The van der Waals surface area contributed by atoms with Crippen molar-refractivity contribution in [3.63, 3.8) is 0 Å². The van der Waals surface area contributed by atoms with Gasteiger partial charge in [0.2, 0.25) is 17.2 Å². The van der Waals surface area contributed by atoms with Gasteiger partial charge in [0.05, 0.1) is 12.7 Å². The Morgan fingerprint density at radius 1 is 1.28 bits per heavy atom. The van der Waals surface area contributed by atoms with Crippen LogP contribution in [0.4, 0.5) is 11.9 Å². The van der Waals surface area contributed by atoms with E-state index in [1.165, 1.54) is 0 Å². The highest BCUT2D eigenvalue weighted by Gasteiger charge is 2.10. The number of rotatable bonds is 7. The Morgan fingerprint density at radius 2 is 1.94 bits per heavy atom. The molecule has 1 heterocycles. The lowest BCUT2D eigenvalue weighted by molar-refractivity contribution is 0.105. The first-order valence-corrected chi connectivity index (χ1v) is 6.17. The van der Waals surface area contributed by atoms with Crippen LogP contribution in [0.25, 0.3) is 0 Å². The summed E-state index contributed by atoms with van der Waals surface area (Å²) in [5.41, 5.74) is 0. The summed E-state index contributed by atoms with van der Waals surface area (Å²) in [6, 6.07) is 0. The third-order valence-electron chi connectivity index (χ3n) is 2.35. The summed E-state index contributed by atoms with van der Waals surface area (Å²) >= 11 is 5.82. The number of aromatic nitrogens is 3. The fourth-order valence-corrected chi connectivity index (χ4v) is 1.50. The highest BCUT2D eigenvalue weighted by Crippen LogP contribution is 2.13. The van der Waals surface area contributed by atoms with E-state index in [-0.39, 0.29) is 24.4 Å². The second-order valence-electron chi connectivity index (χ2n) is 3.62. The number of anilines is 2. The topological polar surface area (TPSA) is 94.4 Å². The molecule has 1 unspecified atom stereocenters. The van der Waals surface area contributed by atoms with Crippen molar-refractivity contribution >= 4 is 23.5 Å². The molecule has 0 amide bonds. The van der Waals surface area contributed by atoms with Crippen LogP contribution >= 0.6 is 11.6 Å². The van der Waals surface area contributed by atoms with Crippen LogP contribution < -0.4 is 10.2 Å². The van der Waals surface area contributed by atoms with E-state index in [0.29, 0.717) is 5.95 Å². The molecule has 7 nitrogen and oxygen atoms in total. The maximum absolute atomic E-state index is 9.23. The van der Waals surface area contributed by atoms with Gasteiger partial charge in [0.25, 0.3) is 0 Å². The molecule has 0 aliphatic carbocycles. The molecular formula is C10H18ClN5O2. The van der Waals surface area contributed by atoms with Crippen molar-refractivity contribution < 1.29 is 10.2 Å². The third kappa shape index (κ3) is 4.25. The SMILES string of the molecule is CCN(CC)c1nc(Cl)nc(NCC(O)CO)n1. The Kier molecular flexibility index (Phi) is 6.03. The Balaban J connectivity index is 2.80. The average molecular weight is 276 g/mol. The molecule has 1 aromatic rings. The molecule has 0 aliphatic heterocycles. The number of hydrogen-bond acceptors (Lipinski definition) is 7. The van der Waals surface area contributed by atoms with Gasteiger partial charge in [-0.05, 0) is 25.4 Å². The van der Waals surface area contributed by atoms with Gasteiger partial charge in [-0.2, -0.15) is 15.0 Å². The fraction of sp³-hybridized carbons (Fsp3) is 0.700. The highest BCUT2D eigenvalue weighted by molar-refractivity contribution is 6.28. The predicted molar refractivity (Wildman–Crippen MR) is 70.0 cm³/mol. The van der Waals surface area contributed by atoms with Gasteiger partial charge in [-0.1, -0.05) is 0 Å². The zero-order chi connectivity index (χ0) is 13.5. The van der Waals surface area contributed by atoms with E-state index < -0.39 is 6.10 Å². The van der Waals surface area contributed by atoms with Crippen molar-refractivity contribution in [1.82, 2.24) is 15.0 Å². The van der Waals surface area contributed by atoms with Crippen molar-refractivity contribution in [3.05, 3.63) is 5.28 Å². The van der Waals surface area contributed by atoms with Crippen molar-refractivity contribution in [1.29, 1.82) is 0 Å². The molecule has 1 rings (SSSR count). The van der Waals surface area contributed by atoms with E-state index in [9.17, 15) is 5.11 Å². The van der Waals surface area contributed by atoms with E-state index in [0.717, 1.165) is 13.1 Å². The number of aliphatic hydroxyl groups is 2. The molecule has 102 valence electrons. The number of aliphatic hydroxyl groups excluding tert-OH is 2. The molecule has 1 atom stereocenters. The second-order valence-corrected chi connectivity index (χ2v) is 3.96. The molecule has 0 bridgehead atoms. The van der Waals surface area contributed by atoms with E-state index in [1.54, 1.807) is 0 Å². The van der Waals surface area contributed by atoms with E-state index in [4.69, 9.17) is 16.7 Å². The minimum Gasteiger partial charge on any atom is -0.394 e. The molecule has 1 aromatic heterocycles. The largest absolute Gasteiger partial charge is 0.394 e. The molecular weight excluding hydrogens is 258 g/mol. The van der Waals surface area contributed by atoms with Crippen LogP contribution in [-0.4, -0.2) is 57.5 Å². The first-order chi connectivity index (χ1) is 8.60. The lowest BCUT2D eigenvalue weighted by Crippen LogP contribution is -2.27. The molecule has 0 radical (unpaired) electrons. The molecule has 0 saturated carbocycles. The van der Waals surface area contributed by atoms with E-state index >= 15 is 0 Å². The Morgan fingerprint density at radius 3 is 2.50 bits per heavy atom. The normalized spacial score (nSPS) is 12.3. The minimum atomic E-state index is -0.863. The van der Waals surface area contributed by atoms with Crippen molar-refractivity contribution in [3.8, 4) is 0 Å². The van der Waals surface area contributed by atoms with Crippen molar-refractivity contribution in [2.75, 3.05) is 36.5 Å². The maximum atomic E-state index is 9.23. The average Bonchev–Trinajstić information content (AvgIpc) is 2.37. The smallest absolute Gasteiger partial charge is 0.231 e. The first kappa shape index (κ1) is 14.9. The van der Waals surface area contributed by atoms with E-state index in [1.807, 2.05) is 18.7 Å². The molecule has 0 aromatic carbocycles. The zero-order valence-corrected chi connectivity index (χ0v) is 11.2. The van der Waals surface area contributed by atoms with Crippen LogP contribution in [0.1, 0.15) is 13.8 Å². The molecule has 0 spiro atoms. The summed E-state index contributed by atoms with van der Waals surface area (Å²) in [7, 11) is 0. The molecule has 3 N–H and O–H groups in total. The summed E-state index contributed by atoms with van der Waals surface area (Å²) in [6.07, 6.45) is -0.863. The Bertz CT molecular complexity index is 375. The summed E-state index contributed by atoms with van der Waals surface area (Å²) in [6.45, 7) is 5.32. The second kappa shape index (κ2) is 7.30. The van der Waals surface area contributed by atoms with Gasteiger partial charge < -0.3 is 20.4 Å². The first-order valence-electron chi connectivity index (χ1n) is 5.80. The van der Waals surface area contributed by atoms with Crippen molar-refractivity contribution in [2.45, 2.75) is 20.0 Å². The van der Waals surface area contributed by atoms with Gasteiger partial charge in [0.1, 0.15) is 0 Å². The zero-order valence-electron chi connectivity index (χ0n) is 10.5. The highest BCUT2D eigenvalue weighted by atomic mass is 35.5. The van der Waals surface area contributed by atoms with Gasteiger partial charge in [-0.25, -0.2) is 0 Å². The number of nitrogens with one attached hydrogen (secondary N) is 1. The summed E-state index contributed by atoms with van der Waals surface area (Å²) in [5.74, 6) is 0.769. The van der Waals surface area contributed by atoms with Crippen LogP contribution in [-0.2, 0) is 0 Å². The molecule has 0 fully saturated rings. The summed E-state index contributed by atoms with van der Waals surface area (Å²) in [5, 5.41) is 20.8. The fourth-order valence-electron chi connectivity index (χ4n) is 1.34. The predicted octanol–water partition coefficient (Wildman–Crippen LogP) is 0.136. The van der Waals surface area contributed by atoms with E-state index in [2.05, 4.69) is 20.3 Å². The van der Waals surface area contributed by atoms with Gasteiger partial charge in [-0.15, -0.1) is 0 Å². The van der Waals surface area contributed by atoms with Crippen LogP contribution in [0, 0.1) is 0 Å². The van der Waals surface area contributed by atoms with Gasteiger partial charge in [0.15, 0.2) is 0 Å². The monoisotopic (exact) mass is 275 g/mol. The molecule has 8 heteroatoms. The van der Waals surface area contributed by atoms with Crippen LogP contribution in [0.15, 0.2) is 0 Å². The summed E-state index contributed by atoms with van der Waals surface area (Å²) in [4.78, 5) is 14.1. The lowest BCUT2D eigenvalue weighted by atomic mass is 10.4. The number of hydrogen-bond donors (Lipinski definition) is 3. The minimum absolute atomic E-state index is 0.0906. The quantitative estimate of drug-likeness (QED) is 0.651. The molecule has 0 aliphatic rings. The van der Waals surface area contributed by atoms with Gasteiger partial charge >= 0.3 is 0 Å². The number of halogens is 1. The third-order valence-corrected chi connectivity index (χ3v) is 2.52. The van der Waals surface area contributed by atoms with Crippen molar-refractivity contribution in [2.24, 2.45) is 0 Å². The molecule has 18 heavy (non-hydrogen) atoms. The number of nitrogens with zero attached hydrogens (tertiary/aromatic N) is 4. The Hall–Kier alpha value is -1.18. The van der Waals surface area contributed by atoms with Gasteiger partial charge in [0, 0.05) is 19.6 Å². The van der Waals surface area contributed by atoms with Crippen LogP contribution in [0.2, 0.25) is 5.28 Å². The standard InChI is InChI=1S/C10H18ClN5O2/c1-3-16(4-2)10-14-8(11)13-9(15-10)12-5-7(18)6-17/h7,17-18H,3-6H2,1-2H3,(H,12,13,14,15). The van der Waals surface area contributed by atoms with Crippen LogP contribution in [0.5, 0.6) is 0 Å². The summed E-state index contributed by atoms with van der Waals surface area (Å²) < 4.78 is 0. The van der Waals surface area contributed by atoms with Gasteiger partial charge in [-0.3, -0.25) is 0 Å². The molecule has 0 saturated heterocycles. The Labute approximate surface area is 111 Å².